The minimum Gasteiger partial charge on any atom is -0.463 e. The number of esters is 4. The molecular weight excluding hydrogens is 612 g/mol. The van der Waals surface area contributed by atoms with Gasteiger partial charge < -0.3 is 67.8 Å². The predicted molar refractivity (Wildman–Crippen MR) is 142 cm³/mol. The zero-order chi connectivity index (χ0) is 34.2. The molecule has 45 heavy (non-hydrogen) atoms. The summed E-state index contributed by atoms with van der Waals surface area (Å²) in [5.74, 6) is -7.44. The van der Waals surface area contributed by atoms with Crippen LogP contribution in [0.2, 0.25) is 0 Å². The van der Waals surface area contributed by atoms with E-state index in [9.17, 15) is 39.6 Å². The van der Waals surface area contributed by atoms with Crippen molar-refractivity contribution in [3.8, 4) is 0 Å². The first-order valence-electron chi connectivity index (χ1n) is 13.3. The van der Waals surface area contributed by atoms with Gasteiger partial charge in [0.1, 0.15) is 37.1 Å². The molecular formula is C27H38O18. The van der Waals surface area contributed by atoms with Gasteiger partial charge in [-0.15, -0.1) is 0 Å². The van der Waals surface area contributed by atoms with Crippen LogP contribution in [0, 0.1) is 0 Å². The first-order chi connectivity index (χ1) is 20.9. The molecule has 2 saturated heterocycles. The molecule has 0 bridgehead atoms. The summed E-state index contributed by atoms with van der Waals surface area (Å²) in [6, 6.07) is 0. The quantitative estimate of drug-likeness (QED) is 0.0974. The smallest absolute Gasteiger partial charge is 0.310 e. The standard InChI is InChI=1S/C27H38O18/c1-11(29)36-10-19-22(40-15(5)37-12(2)30)23(41-16(6)38-13(3)31)24(42-17(7)39-14(4)32)26(43-19)45-27(8)25(35)21(34)20(33)18(9-28)44-27/h18-26,28,33-35H,5-7,9-10H2,1-4,8H3/t18-,19-,20-,21+,22+,23+,24-,25-,26-,27+/m1/s1. The van der Waals surface area contributed by atoms with Gasteiger partial charge in [0, 0.05) is 27.7 Å². The second-order valence-electron chi connectivity index (χ2n) is 9.89. The fourth-order valence-electron chi connectivity index (χ4n) is 4.35. The molecule has 2 aliphatic heterocycles. The summed E-state index contributed by atoms with van der Waals surface area (Å²) in [5, 5.41) is 41.2. The van der Waals surface area contributed by atoms with Crippen molar-refractivity contribution in [2.45, 2.75) is 95.5 Å². The van der Waals surface area contributed by atoms with E-state index in [4.69, 9.17) is 47.4 Å². The van der Waals surface area contributed by atoms with Gasteiger partial charge >= 0.3 is 23.9 Å². The number of hydrogen-bond acceptors (Lipinski definition) is 18. The highest BCUT2D eigenvalue weighted by atomic mass is 16.8. The third kappa shape index (κ3) is 10.4. The molecule has 18 heteroatoms. The summed E-state index contributed by atoms with van der Waals surface area (Å²) in [6.45, 7) is 14.4. The lowest BCUT2D eigenvalue weighted by atomic mass is 9.93. The normalized spacial score (nSPS) is 32.7. The van der Waals surface area contributed by atoms with E-state index in [1.807, 2.05) is 0 Å². The van der Waals surface area contributed by atoms with Crippen molar-refractivity contribution in [1.82, 2.24) is 0 Å². The van der Waals surface area contributed by atoms with Gasteiger partial charge in [-0.2, -0.15) is 0 Å². The number of aliphatic hydroxyl groups excluding tert-OH is 4. The predicted octanol–water partition coefficient (Wildman–Crippen LogP) is -1.26. The van der Waals surface area contributed by atoms with Crippen LogP contribution in [0.1, 0.15) is 34.6 Å². The average molecular weight is 651 g/mol. The van der Waals surface area contributed by atoms with E-state index in [0.29, 0.717) is 0 Å². The van der Waals surface area contributed by atoms with E-state index in [-0.39, 0.29) is 0 Å². The molecule has 0 aromatic carbocycles. The molecule has 0 aromatic heterocycles. The Morgan fingerprint density at radius 3 is 1.62 bits per heavy atom. The van der Waals surface area contributed by atoms with E-state index < -0.39 is 116 Å². The minimum atomic E-state index is -2.26. The molecule has 4 N–H and O–H groups in total. The Morgan fingerprint density at radius 1 is 0.711 bits per heavy atom. The molecule has 0 saturated carbocycles. The number of ether oxygens (including phenoxy) is 10. The highest BCUT2D eigenvalue weighted by Gasteiger charge is 2.58. The molecule has 2 rings (SSSR count). The first kappa shape index (κ1) is 37.4. The van der Waals surface area contributed by atoms with Gasteiger partial charge in [0.15, 0.2) is 24.1 Å². The summed E-state index contributed by atoms with van der Waals surface area (Å²) in [4.78, 5) is 46.6. The number of rotatable bonds is 14. The maximum absolute atomic E-state index is 11.7. The van der Waals surface area contributed by atoms with Crippen molar-refractivity contribution < 1.29 is 87.0 Å². The molecule has 0 unspecified atom stereocenters. The van der Waals surface area contributed by atoms with E-state index in [2.05, 4.69) is 19.7 Å². The molecule has 18 nitrogen and oxygen atoms in total. The molecule has 10 atom stereocenters. The molecule has 0 radical (unpaired) electrons. The third-order valence-corrected chi connectivity index (χ3v) is 6.12. The van der Waals surface area contributed by atoms with Crippen LogP contribution in [-0.4, -0.2) is 118 Å². The van der Waals surface area contributed by atoms with Gasteiger partial charge in [-0.05, 0) is 26.7 Å². The van der Waals surface area contributed by atoms with Gasteiger partial charge in [-0.25, -0.2) is 0 Å². The Labute approximate surface area is 257 Å². The molecule has 0 aromatic rings. The summed E-state index contributed by atoms with van der Waals surface area (Å²) in [6.07, 6.45) is -15.2. The van der Waals surface area contributed by atoms with Crippen molar-refractivity contribution in [2.24, 2.45) is 0 Å². The largest absolute Gasteiger partial charge is 0.463 e. The topological polar surface area (TPSA) is 241 Å². The van der Waals surface area contributed by atoms with E-state index >= 15 is 0 Å². The Bertz CT molecular complexity index is 1130. The summed E-state index contributed by atoms with van der Waals surface area (Å²) >= 11 is 0. The molecule has 2 aliphatic rings. The van der Waals surface area contributed by atoms with E-state index in [0.717, 1.165) is 34.6 Å². The SMILES string of the molecule is C=C(OC(C)=O)O[C@H]1[C@@H](OC(=C)OC(C)=O)[C@@H](COC(C)=O)O[C@H](O[C@]2(C)O[C@H](CO)[C@@H](O)[C@H](O)[C@H]2O)[C@@H]1OC(=C)OC(C)=O. The Kier molecular flexibility index (Phi) is 13.3. The van der Waals surface area contributed by atoms with Crippen molar-refractivity contribution in [3.05, 3.63) is 37.6 Å². The van der Waals surface area contributed by atoms with Crippen LogP contribution in [0.5, 0.6) is 0 Å². The lowest BCUT2D eigenvalue weighted by Crippen LogP contribution is -2.68. The Morgan fingerprint density at radius 2 is 1.18 bits per heavy atom. The van der Waals surface area contributed by atoms with Gasteiger partial charge in [-0.1, -0.05) is 0 Å². The monoisotopic (exact) mass is 650 g/mol. The number of carbonyl (C=O) groups excluding carboxylic acids is 4. The number of aliphatic hydroxyl groups is 4. The van der Waals surface area contributed by atoms with Crippen molar-refractivity contribution >= 4 is 23.9 Å². The molecule has 0 spiro atoms. The Hall–Kier alpha value is -3.78. The second kappa shape index (κ2) is 16.0. The zero-order valence-corrected chi connectivity index (χ0v) is 25.2. The first-order valence-corrected chi connectivity index (χ1v) is 13.3. The van der Waals surface area contributed by atoms with Crippen LogP contribution in [0.25, 0.3) is 0 Å². The molecule has 254 valence electrons. The summed E-state index contributed by atoms with van der Waals surface area (Å²) in [7, 11) is 0. The molecule has 2 heterocycles. The minimum absolute atomic E-state index is 0.589. The van der Waals surface area contributed by atoms with Gasteiger partial charge in [0.25, 0.3) is 17.8 Å². The summed E-state index contributed by atoms with van der Waals surface area (Å²) in [5.41, 5.74) is 0. The van der Waals surface area contributed by atoms with Crippen LogP contribution in [0.15, 0.2) is 37.6 Å². The summed E-state index contributed by atoms with van der Waals surface area (Å²) < 4.78 is 54.4. The average Bonchev–Trinajstić information content (AvgIpc) is 2.90. The van der Waals surface area contributed by atoms with Crippen molar-refractivity contribution in [1.29, 1.82) is 0 Å². The fourth-order valence-corrected chi connectivity index (χ4v) is 4.35. The van der Waals surface area contributed by atoms with E-state index in [1.165, 1.54) is 0 Å². The number of hydrogen-bond donors (Lipinski definition) is 4. The maximum Gasteiger partial charge on any atom is 0.310 e. The van der Waals surface area contributed by atoms with Crippen LogP contribution in [0.3, 0.4) is 0 Å². The van der Waals surface area contributed by atoms with E-state index in [1.54, 1.807) is 0 Å². The highest BCUT2D eigenvalue weighted by Crippen LogP contribution is 2.38. The molecule has 0 amide bonds. The maximum atomic E-state index is 11.7. The number of carbonyl (C=O) groups is 4. The van der Waals surface area contributed by atoms with Crippen molar-refractivity contribution in [3.63, 3.8) is 0 Å². The van der Waals surface area contributed by atoms with Gasteiger partial charge in [-0.3, -0.25) is 19.2 Å². The molecule has 2 fully saturated rings. The van der Waals surface area contributed by atoms with Crippen molar-refractivity contribution in [2.75, 3.05) is 13.2 Å². The fraction of sp³-hybridized carbons (Fsp3) is 0.630. The van der Waals surface area contributed by atoms with Crippen LogP contribution in [0.4, 0.5) is 0 Å². The van der Waals surface area contributed by atoms with Crippen LogP contribution in [-0.2, 0) is 66.5 Å². The third-order valence-electron chi connectivity index (χ3n) is 6.12. The molecule has 0 aliphatic carbocycles. The van der Waals surface area contributed by atoms with Gasteiger partial charge in [0.05, 0.1) is 6.61 Å². The van der Waals surface area contributed by atoms with Gasteiger partial charge in [0.2, 0.25) is 6.29 Å². The van der Waals surface area contributed by atoms with Crippen LogP contribution >= 0.6 is 0 Å². The lowest BCUT2D eigenvalue weighted by molar-refractivity contribution is -0.420. The lowest BCUT2D eigenvalue weighted by Gasteiger charge is -2.50. The van der Waals surface area contributed by atoms with Crippen LogP contribution < -0.4 is 0 Å². The second-order valence-corrected chi connectivity index (χ2v) is 9.89. The highest BCUT2D eigenvalue weighted by molar-refractivity contribution is 5.67. The Balaban J connectivity index is 2.67. The zero-order valence-electron chi connectivity index (χ0n) is 25.2.